The summed E-state index contributed by atoms with van der Waals surface area (Å²) in [6, 6.07) is 14.6. The molecular weight excluding hydrogens is 621 g/mol. The second-order valence-electron chi connectivity index (χ2n) is 12.5. The molecule has 1 amide bonds. The molecule has 47 heavy (non-hydrogen) atoms. The monoisotopic (exact) mass is 653 g/mol. The first kappa shape index (κ1) is 29.6. The number of hydrogen-bond acceptors (Lipinski definition) is 7. The molecule has 11 nitrogen and oxygen atoms in total. The number of imidazole rings is 1. The van der Waals surface area contributed by atoms with E-state index in [9.17, 15) is 9.18 Å². The van der Waals surface area contributed by atoms with Crippen LogP contribution in [0.15, 0.2) is 67.1 Å². The summed E-state index contributed by atoms with van der Waals surface area (Å²) >= 11 is 6.15. The van der Waals surface area contributed by atoms with Gasteiger partial charge in [0, 0.05) is 48.0 Å². The molecule has 1 aromatic carbocycles. The third kappa shape index (κ3) is 5.61. The van der Waals surface area contributed by atoms with E-state index in [-0.39, 0.29) is 18.9 Å². The number of rotatable bonds is 8. The number of fused-ring (bicyclic) bond motifs is 2. The van der Waals surface area contributed by atoms with Crippen molar-refractivity contribution in [2.75, 3.05) is 20.2 Å². The Bertz CT molecular complexity index is 2120. The summed E-state index contributed by atoms with van der Waals surface area (Å²) < 4.78 is 26.4. The van der Waals surface area contributed by atoms with Crippen LogP contribution in [0, 0.1) is 5.92 Å². The predicted molar refractivity (Wildman–Crippen MR) is 177 cm³/mol. The van der Waals surface area contributed by atoms with Gasteiger partial charge in [-0.3, -0.25) is 4.79 Å². The van der Waals surface area contributed by atoms with E-state index in [1.807, 2.05) is 30.6 Å². The van der Waals surface area contributed by atoms with E-state index in [1.165, 1.54) is 17.7 Å². The molecule has 0 unspecified atom stereocenters. The van der Waals surface area contributed by atoms with Crippen LogP contribution in [0.5, 0.6) is 5.75 Å². The number of pyridine rings is 2. The van der Waals surface area contributed by atoms with Crippen LogP contribution in [0.3, 0.4) is 0 Å². The largest absolute Gasteiger partial charge is 0.494 e. The van der Waals surface area contributed by atoms with Gasteiger partial charge in [-0.1, -0.05) is 17.7 Å². The Hall–Kier alpha value is -4.81. The fraction of sp³-hybridized carbons (Fsp3) is 0.324. The van der Waals surface area contributed by atoms with Crippen LogP contribution in [0.25, 0.3) is 39.4 Å². The van der Waals surface area contributed by atoms with Gasteiger partial charge < -0.3 is 24.5 Å². The molecule has 2 fully saturated rings. The molecule has 240 valence electrons. The number of alkyl halides is 1. The summed E-state index contributed by atoms with van der Waals surface area (Å²) in [4.78, 5) is 29.5. The number of ether oxygens (including phenoxy) is 1. The average molecular weight is 654 g/mol. The van der Waals surface area contributed by atoms with Gasteiger partial charge in [0.2, 0.25) is 0 Å². The summed E-state index contributed by atoms with van der Waals surface area (Å²) in [5, 5.41) is 5.96. The SMILES string of the molecule is COc1cc(C(=O)N2C[C@H](N)C[C@@H](F)C2)cc2nc(-c3cc4cccnc4n3CC3CC3)n(Cc3cnn(-c4cccc(Cl)n4)c3)c12. The number of nitrogens with zero attached hydrogens (tertiary/aromatic N) is 8. The molecule has 2 atom stereocenters. The molecule has 6 aromatic rings. The highest BCUT2D eigenvalue weighted by atomic mass is 35.5. The Balaban J connectivity index is 1.28. The quantitative estimate of drug-likeness (QED) is 0.222. The molecule has 0 radical (unpaired) electrons. The van der Waals surface area contributed by atoms with Crippen molar-refractivity contribution in [3.8, 4) is 23.1 Å². The van der Waals surface area contributed by atoms with Crippen molar-refractivity contribution in [3.63, 3.8) is 0 Å². The minimum atomic E-state index is -1.16. The van der Waals surface area contributed by atoms with E-state index < -0.39 is 12.2 Å². The molecule has 13 heteroatoms. The number of methoxy groups -OCH3 is 1. The summed E-state index contributed by atoms with van der Waals surface area (Å²) in [7, 11) is 1.57. The molecule has 8 rings (SSSR count). The topological polar surface area (TPSA) is 122 Å². The van der Waals surface area contributed by atoms with Gasteiger partial charge in [-0.05, 0) is 67.6 Å². The molecule has 1 aliphatic carbocycles. The fourth-order valence-electron chi connectivity index (χ4n) is 6.57. The lowest BCUT2D eigenvalue weighted by atomic mass is 10.0. The molecule has 1 saturated carbocycles. The number of benzene rings is 1. The third-order valence-corrected chi connectivity index (χ3v) is 9.14. The number of amides is 1. The summed E-state index contributed by atoms with van der Waals surface area (Å²) in [6.07, 6.45) is 6.95. The minimum Gasteiger partial charge on any atom is -0.494 e. The Morgan fingerprint density at radius 1 is 1.11 bits per heavy atom. The van der Waals surface area contributed by atoms with Gasteiger partial charge in [0.15, 0.2) is 11.6 Å². The first-order valence-corrected chi connectivity index (χ1v) is 16.1. The normalized spacial score (nSPS) is 18.3. The molecule has 6 heterocycles. The van der Waals surface area contributed by atoms with Crippen LogP contribution in [0.2, 0.25) is 5.15 Å². The van der Waals surface area contributed by atoms with Crippen molar-refractivity contribution in [2.24, 2.45) is 11.7 Å². The lowest BCUT2D eigenvalue weighted by Crippen LogP contribution is -2.50. The second-order valence-corrected chi connectivity index (χ2v) is 12.9. The van der Waals surface area contributed by atoms with Crippen LogP contribution in [0.4, 0.5) is 4.39 Å². The maximum Gasteiger partial charge on any atom is 0.254 e. The summed E-state index contributed by atoms with van der Waals surface area (Å²) in [5.41, 5.74) is 10.5. The molecule has 5 aromatic heterocycles. The van der Waals surface area contributed by atoms with Crippen molar-refractivity contribution < 1.29 is 13.9 Å². The van der Waals surface area contributed by atoms with Crippen molar-refractivity contribution in [2.45, 2.75) is 44.6 Å². The number of aromatic nitrogens is 7. The van der Waals surface area contributed by atoms with Gasteiger partial charge in [-0.15, -0.1) is 0 Å². The summed E-state index contributed by atoms with van der Waals surface area (Å²) in [6.45, 7) is 1.53. The highest BCUT2D eigenvalue weighted by molar-refractivity contribution is 6.29. The van der Waals surface area contributed by atoms with E-state index >= 15 is 0 Å². The zero-order valence-corrected chi connectivity index (χ0v) is 26.5. The Morgan fingerprint density at radius 3 is 2.77 bits per heavy atom. The fourth-order valence-corrected chi connectivity index (χ4v) is 6.73. The standard InChI is InChI=1S/C34H33ClFN9O2/c1-47-28-12-23(34(46)42-18-24(36)13-25(37)19-42)10-26-31(28)44(16-21-14-39-45(17-21)30-6-2-5-29(35)41-30)33(40-26)27-11-22-4-3-9-38-32(22)43(27)15-20-7-8-20/h2-6,9-12,14,17,20,24-25H,7-8,13,15-16,18-19,37H2,1H3/t24-,25-/m1/s1. The van der Waals surface area contributed by atoms with Gasteiger partial charge in [0.05, 0.1) is 37.6 Å². The first-order chi connectivity index (χ1) is 22.8. The Labute approximate surface area is 274 Å². The number of likely N-dealkylation sites (tertiary alicyclic amines) is 1. The van der Waals surface area contributed by atoms with Crippen LogP contribution >= 0.6 is 11.6 Å². The highest BCUT2D eigenvalue weighted by Crippen LogP contribution is 2.38. The Morgan fingerprint density at radius 2 is 1.98 bits per heavy atom. The lowest BCUT2D eigenvalue weighted by molar-refractivity contribution is 0.0606. The van der Waals surface area contributed by atoms with Gasteiger partial charge in [-0.2, -0.15) is 5.10 Å². The zero-order valence-electron chi connectivity index (χ0n) is 25.8. The van der Waals surface area contributed by atoms with Crippen molar-refractivity contribution in [1.82, 2.24) is 38.8 Å². The maximum absolute atomic E-state index is 14.4. The van der Waals surface area contributed by atoms with Crippen LogP contribution in [-0.4, -0.2) is 77.1 Å². The molecular formula is C34H33ClFN9O2. The molecule has 1 saturated heterocycles. The summed E-state index contributed by atoms with van der Waals surface area (Å²) in [5.74, 6) is 2.07. The number of nitrogens with two attached hydrogens (primary N) is 1. The zero-order chi connectivity index (χ0) is 32.2. The van der Waals surface area contributed by atoms with E-state index in [2.05, 4.69) is 31.3 Å². The highest BCUT2D eigenvalue weighted by Gasteiger charge is 2.31. The number of carbonyl (C=O) groups is 1. The van der Waals surface area contributed by atoms with E-state index in [0.29, 0.717) is 52.6 Å². The van der Waals surface area contributed by atoms with E-state index in [1.54, 1.807) is 36.2 Å². The molecule has 0 bridgehead atoms. The van der Waals surface area contributed by atoms with Gasteiger partial charge in [0.1, 0.15) is 28.2 Å². The number of hydrogen-bond donors (Lipinski definition) is 1. The first-order valence-electron chi connectivity index (χ1n) is 15.7. The second kappa shape index (κ2) is 11.8. The number of piperidine rings is 1. The molecule has 1 aliphatic heterocycles. The Kier molecular flexibility index (Phi) is 7.41. The molecule has 2 N–H and O–H groups in total. The van der Waals surface area contributed by atoms with Crippen LogP contribution in [-0.2, 0) is 13.1 Å². The molecule has 2 aliphatic rings. The van der Waals surface area contributed by atoms with Gasteiger partial charge >= 0.3 is 0 Å². The van der Waals surface area contributed by atoms with Crippen molar-refractivity contribution in [1.29, 1.82) is 0 Å². The van der Waals surface area contributed by atoms with Gasteiger partial charge in [-0.25, -0.2) is 24.0 Å². The van der Waals surface area contributed by atoms with Crippen molar-refractivity contribution in [3.05, 3.63) is 83.4 Å². The number of halogens is 2. The van der Waals surface area contributed by atoms with E-state index in [0.717, 1.165) is 34.4 Å². The van der Waals surface area contributed by atoms with Gasteiger partial charge in [0.25, 0.3) is 5.91 Å². The van der Waals surface area contributed by atoms with Crippen molar-refractivity contribution >= 4 is 39.6 Å². The smallest absolute Gasteiger partial charge is 0.254 e. The maximum atomic E-state index is 14.4. The lowest BCUT2D eigenvalue weighted by Gasteiger charge is -2.33. The minimum absolute atomic E-state index is 0.00627. The van der Waals surface area contributed by atoms with E-state index in [4.69, 9.17) is 32.0 Å². The molecule has 0 spiro atoms. The predicted octanol–water partition coefficient (Wildman–Crippen LogP) is 5.27. The third-order valence-electron chi connectivity index (χ3n) is 8.93. The average Bonchev–Trinajstić information content (AvgIpc) is 3.46. The van der Waals surface area contributed by atoms with Crippen LogP contribution < -0.4 is 10.5 Å². The number of carbonyl (C=O) groups excluding carboxylic acids is 1. The van der Waals surface area contributed by atoms with Crippen LogP contribution in [0.1, 0.15) is 35.2 Å².